The molecule has 0 spiro atoms. The summed E-state index contributed by atoms with van der Waals surface area (Å²) in [7, 11) is -6.64. The van der Waals surface area contributed by atoms with Gasteiger partial charge in [0.1, 0.15) is 0 Å². The molecule has 0 amide bonds. The molecule has 1 aromatic rings. The molecule has 6 nitrogen and oxygen atoms in total. The molecule has 0 bridgehead atoms. The highest BCUT2D eigenvalue weighted by Crippen LogP contribution is 2.37. The van der Waals surface area contributed by atoms with Crippen LogP contribution in [0.5, 0.6) is 0 Å². The van der Waals surface area contributed by atoms with Crippen LogP contribution in [0.25, 0.3) is 0 Å². The van der Waals surface area contributed by atoms with E-state index in [4.69, 9.17) is 11.6 Å². The molecule has 0 radical (unpaired) electrons. The fraction of sp³-hybridized carbons (Fsp3) is 0.625. The van der Waals surface area contributed by atoms with Crippen LogP contribution >= 0.6 is 11.6 Å². The van der Waals surface area contributed by atoms with Crippen molar-refractivity contribution < 1.29 is 16.8 Å². The van der Waals surface area contributed by atoms with Crippen LogP contribution < -0.4 is 4.72 Å². The molecule has 1 aliphatic heterocycles. The van der Waals surface area contributed by atoms with Crippen LogP contribution in [0.15, 0.2) is 24.3 Å². The Kier molecular flexibility index (Phi) is 5.46. The van der Waals surface area contributed by atoms with Crippen molar-refractivity contribution in [1.82, 2.24) is 9.03 Å². The number of hydrogen-bond donors (Lipinski definition) is 1. The van der Waals surface area contributed by atoms with E-state index < -0.39 is 20.0 Å². The maximum atomic E-state index is 12.3. The second kappa shape index (κ2) is 7.15. The predicted molar refractivity (Wildman–Crippen MR) is 98.7 cm³/mol. The second-order valence-corrected chi connectivity index (χ2v) is 11.3. The molecule has 1 N–H and O–H groups in total. The van der Waals surface area contributed by atoms with Gasteiger partial charge in [-0.3, -0.25) is 0 Å². The summed E-state index contributed by atoms with van der Waals surface area (Å²) in [4.78, 5) is 0. The van der Waals surface area contributed by atoms with Gasteiger partial charge in [-0.1, -0.05) is 23.7 Å². The molecular weight excluding hydrogens is 384 g/mol. The third-order valence-corrected chi connectivity index (χ3v) is 8.12. The van der Waals surface area contributed by atoms with Crippen molar-refractivity contribution in [2.75, 3.05) is 25.1 Å². The van der Waals surface area contributed by atoms with Gasteiger partial charge in [-0.25, -0.2) is 25.9 Å². The van der Waals surface area contributed by atoms with Crippen LogP contribution in [0.1, 0.15) is 30.7 Å². The summed E-state index contributed by atoms with van der Waals surface area (Å²) in [5.41, 5.74) is 1.18. The van der Waals surface area contributed by atoms with Crippen molar-refractivity contribution in [3.8, 4) is 0 Å². The van der Waals surface area contributed by atoms with Gasteiger partial charge in [0.25, 0.3) is 0 Å². The fourth-order valence-corrected chi connectivity index (χ4v) is 6.30. The molecule has 1 saturated carbocycles. The van der Waals surface area contributed by atoms with Crippen LogP contribution in [0.4, 0.5) is 0 Å². The van der Waals surface area contributed by atoms with Gasteiger partial charge in [0.05, 0.1) is 12.0 Å². The lowest BCUT2D eigenvalue weighted by molar-refractivity contribution is 0.325. The Morgan fingerprint density at radius 3 is 2.36 bits per heavy atom. The van der Waals surface area contributed by atoms with E-state index in [1.54, 1.807) is 0 Å². The Balaban J connectivity index is 1.48. The van der Waals surface area contributed by atoms with E-state index in [-0.39, 0.29) is 24.3 Å². The quantitative estimate of drug-likeness (QED) is 0.780. The number of hydrogen-bond acceptors (Lipinski definition) is 4. The molecule has 1 saturated heterocycles. The van der Waals surface area contributed by atoms with Crippen LogP contribution in [0, 0.1) is 5.92 Å². The molecule has 3 rings (SSSR count). The van der Waals surface area contributed by atoms with Crippen molar-refractivity contribution in [3.05, 3.63) is 34.9 Å². The van der Waals surface area contributed by atoms with Gasteiger partial charge in [-0.15, -0.1) is 0 Å². The number of nitrogens with zero attached hydrogens (tertiary/aromatic N) is 1. The van der Waals surface area contributed by atoms with Crippen molar-refractivity contribution >= 4 is 31.6 Å². The van der Waals surface area contributed by atoms with Gasteiger partial charge in [0, 0.05) is 24.2 Å². The molecule has 1 atom stereocenters. The summed E-state index contributed by atoms with van der Waals surface area (Å²) in [5.74, 6) is 0.206. The maximum absolute atomic E-state index is 12.3. The first-order chi connectivity index (χ1) is 11.6. The number of sulfonamides is 2. The van der Waals surface area contributed by atoms with Crippen molar-refractivity contribution in [1.29, 1.82) is 0 Å². The van der Waals surface area contributed by atoms with Crippen LogP contribution in [-0.2, 0) is 20.0 Å². The highest BCUT2D eigenvalue weighted by atomic mass is 35.5. The molecule has 1 heterocycles. The average Bonchev–Trinajstić information content (AvgIpc) is 2.91. The van der Waals surface area contributed by atoms with Gasteiger partial charge in [0.2, 0.25) is 20.0 Å². The van der Waals surface area contributed by atoms with Crippen molar-refractivity contribution in [2.45, 2.75) is 31.2 Å². The Hall–Kier alpha value is -0.670. The minimum Gasteiger partial charge on any atom is -0.213 e. The lowest BCUT2D eigenvalue weighted by atomic mass is 9.76. The molecule has 1 unspecified atom stereocenters. The number of nitrogens with one attached hydrogen (secondary N) is 1. The van der Waals surface area contributed by atoms with Crippen LogP contribution in [0.3, 0.4) is 0 Å². The molecule has 9 heteroatoms. The minimum absolute atomic E-state index is 0.0128. The largest absolute Gasteiger partial charge is 0.213 e. The van der Waals surface area contributed by atoms with E-state index in [0.717, 1.165) is 19.1 Å². The van der Waals surface area contributed by atoms with Gasteiger partial charge in [-0.05, 0) is 48.8 Å². The van der Waals surface area contributed by atoms with E-state index in [0.29, 0.717) is 23.9 Å². The molecular formula is C16H23ClN2O4S2. The van der Waals surface area contributed by atoms with E-state index >= 15 is 0 Å². The van der Waals surface area contributed by atoms with E-state index in [2.05, 4.69) is 4.72 Å². The van der Waals surface area contributed by atoms with Crippen LogP contribution in [0.2, 0.25) is 5.02 Å². The monoisotopic (exact) mass is 406 g/mol. The summed E-state index contributed by atoms with van der Waals surface area (Å²) in [6.45, 7) is 0.693. The highest BCUT2D eigenvalue weighted by Gasteiger charge is 2.36. The van der Waals surface area contributed by atoms with E-state index in [1.165, 1.54) is 9.87 Å². The standard InChI is InChI=1S/C16H23ClN2O4S2/c1-24(20,21)19-7-6-12(10-19)11-25(22,23)18-16-8-14(9-16)13-2-4-15(17)5-3-13/h2-5,12,14,16,18H,6-11H2,1H3. The van der Waals surface area contributed by atoms with Gasteiger partial charge < -0.3 is 0 Å². The van der Waals surface area contributed by atoms with E-state index in [9.17, 15) is 16.8 Å². The molecule has 2 aliphatic rings. The summed E-state index contributed by atoms with van der Waals surface area (Å²) < 4.78 is 51.8. The summed E-state index contributed by atoms with van der Waals surface area (Å²) in [5, 5.41) is 0.694. The molecule has 1 aliphatic carbocycles. The topological polar surface area (TPSA) is 83.6 Å². The highest BCUT2D eigenvalue weighted by molar-refractivity contribution is 7.89. The Morgan fingerprint density at radius 2 is 1.80 bits per heavy atom. The molecule has 0 aromatic heterocycles. The third kappa shape index (κ3) is 4.95. The van der Waals surface area contributed by atoms with Gasteiger partial charge in [-0.2, -0.15) is 0 Å². The van der Waals surface area contributed by atoms with Crippen molar-refractivity contribution in [2.24, 2.45) is 5.92 Å². The molecule has 25 heavy (non-hydrogen) atoms. The molecule has 140 valence electrons. The smallest absolute Gasteiger partial charge is 0.212 e. The molecule has 2 fully saturated rings. The summed E-state index contributed by atoms with van der Waals surface area (Å²) in [6.07, 6.45) is 3.31. The van der Waals surface area contributed by atoms with Gasteiger partial charge in [0.15, 0.2) is 0 Å². The molecule has 1 aromatic carbocycles. The minimum atomic E-state index is -3.40. The zero-order valence-corrected chi connectivity index (χ0v) is 16.4. The Bertz CT molecular complexity index is 818. The maximum Gasteiger partial charge on any atom is 0.212 e. The number of halogens is 1. The lowest BCUT2D eigenvalue weighted by Gasteiger charge is -2.36. The average molecular weight is 407 g/mol. The first-order valence-corrected chi connectivity index (χ1v) is 12.2. The lowest BCUT2D eigenvalue weighted by Crippen LogP contribution is -2.45. The fourth-order valence-electron chi connectivity index (χ4n) is 3.57. The first-order valence-electron chi connectivity index (χ1n) is 8.33. The van der Waals surface area contributed by atoms with Crippen LogP contribution in [-0.4, -0.2) is 52.3 Å². The van der Waals surface area contributed by atoms with Crippen molar-refractivity contribution in [3.63, 3.8) is 0 Å². The third-order valence-electron chi connectivity index (χ3n) is 5.00. The number of rotatable bonds is 6. The summed E-state index contributed by atoms with van der Waals surface area (Å²) >= 11 is 5.88. The SMILES string of the molecule is CS(=O)(=O)N1CCC(CS(=O)(=O)NC2CC(c3ccc(Cl)cc3)C2)C1. The predicted octanol–water partition coefficient (Wildman–Crippen LogP) is 1.79. The first kappa shape index (κ1) is 19.1. The zero-order valence-electron chi connectivity index (χ0n) is 14.1. The Morgan fingerprint density at radius 1 is 1.16 bits per heavy atom. The normalized spacial score (nSPS) is 28.0. The van der Waals surface area contributed by atoms with Gasteiger partial charge >= 0.3 is 0 Å². The Labute approximate surface area is 154 Å². The number of benzene rings is 1. The zero-order chi connectivity index (χ0) is 18.2. The summed E-state index contributed by atoms with van der Waals surface area (Å²) in [6, 6.07) is 7.62. The van der Waals surface area contributed by atoms with E-state index in [1.807, 2.05) is 24.3 Å². The second-order valence-electron chi connectivity index (χ2n) is 7.09.